The van der Waals surface area contributed by atoms with Crippen LogP contribution in [0.5, 0.6) is 0 Å². The van der Waals surface area contributed by atoms with Crippen molar-refractivity contribution in [1.29, 1.82) is 0 Å². The Morgan fingerprint density at radius 3 is 2.45 bits per heavy atom. The molecule has 124 valence electrons. The van der Waals surface area contributed by atoms with Gasteiger partial charge in [-0.05, 0) is 26.2 Å². The largest absolute Gasteiger partial charge is 0.481 e. The minimum absolute atomic E-state index is 0.00126. The zero-order valence-corrected chi connectivity index (χ0v) is 13.2. The second-order valence-electron chi connectivity index (χ2n) is 6.02. The number of carbonyl (C=O) groups excluding carboxylic acids is 2. The first-order valence-electron chi connectivity index (χ1n) is 7.81. The van der Waals surface area contributed by atoms with Gasteiger partial charge in [0.25, 0.3) is 0 Å². The van der Waals surface area contributed by atoms with Crippen molar-refractivity contribution in [2.24, 2.45) is 11.8 Å². The standard InChI is InChI=1S/C15H24N2O5/c1-3-22-12-8-11(12)14(19)16(2)9-13(18)17-6-4-10(5-7-17)15(20)21/h10-12H,3-9H2,1-2H3,(H,20,21)/t11-,12-/m0/s1. The molecule has 1 heterocycles. The number of rotatable bonds is 6. The number of carbonyl (C=O) groups is 3. The molecule has 0 bridgehead atoms. The molecule has 22 heavy (non-hydrogen) atoms. The van der Waals surface area contributed by atoms with E-state index in [1.807, 2.05) is 6.92 Å². The average molecular weight is 312 g/mol. The molecule has 0 unspecified atom stereocenters. The summed E-state index contributed by atoms with van der Waals surface area (Å²) in [4.78, 5) is 38.3. The average Bonchev–Trinajstić information content (AvgIpc) is 3.26. The summed E-state index contributed by atoms with van der Waals surface area (Å²) in [5.74, 6) is -1.44. The molecule has 1 aliphatic carbocycles. The van der Waals surface area contributed by atoms with Gasteiger partial charge in [-0.1, -0.05) is 0 Å². The number of amides is 2. The molecule has 0 radical (unpaired) electrons. The number of hydrogen-bond acceptors (Lipinski definition) is 4. The van der Waals surface area contributed by atoms with Gasteiger partial charge in [-0.3, -0.25) is 14.4 Å². The van der Waals surface area contributed by atoms with Crippen LogP contribution in [-0.4, -0.2) is 72.1 Å². The molecule has 1 aliphatic heterocycles. The Bertz CT molecular complexity index is 445. The summed E-state index contributed by atoms with van der Waals surface area (Å²) in [6, 6.07) is 0. The summed E-state index contributed by atoms with van der Waals surface area (Å²) >= 11 is 0. The first kappa shape index (κ1) is 16.7. The molecule has 2 rings (SSSR count). The van der Waals surface area contributed by atoms with Crippen LogP contribution in [0.15, 0.2) is 0 Å². The maximum Gasteiger partial charge on any atom is 0.306 e. The highest BCUT2D eigenvalue weighted by atomic mass is 16.5. The summed E-state index contributed by atoms with van der Waals surface area (Å²) in [6.45, 7) is 3.43. The highest BCUT2D eigenvalue weighted by Gasteiger charge is 2.45. The van der Waals surface area contributed by atoms with E-state index < -0.39 is 5.97 Å². The van der Waals surface area contributed by atoms with Crippen LogP contribution in [0.3, 0.4) is 0 Å². The second-order valence-corrected chi connectivity index (χ2v) is 6.02. The monoisotopic (exact) mass is 312 g/mol. The molecule has 1 saturated heterocycles. The number of ether oxygens (including phenoxy) is 1. The number of piperidine rings is 1. The molecule has 7 nitrogen and oxygen atoms in total. The summed E-state index contributed by atoms with van der Waals surface area (Å²) in [5, 5.41) is 8.95. The van der Waals surface area contributed by atoms with Crippen molar-refractivity contribution >= 4 is 17.8 Å². The molecule has 0 spiro atoms. The third-order valence-corrected chi connectivity index (χ3v) is 4.38. The summed E-state index contributed by atoms with van der Waals surface area (Å²) in [7, 11) is 1.63. The maximum atomic E-state index is 12.2. The predicted molar refractivity (Wildman–Crippen MR) is 78.1 cm³/mol. The molecule has 2 amide bonds. The number of carboxylic acid groups (broad SMARTS) is 1. The van der Waals surface area contributed by atoms with Crippen LogP contribution in [0.1, 0.15) is 26.2 Å². The Morgan fingerprint density at radius 2 is 1.91 bits per heavy atom. The molecule has 2 aliphatic rings. The molecule has 7 heteroatoms. The Kier molecular flexibility index (Phi) is 5.39. The second kappa shape index (κ2) is 7.09. The van der Waals surface area contributed by atoms with E-state index in [0.29, 0.717) is 32.5 Å². The lowest BCUT2D eigenvalue weighted by atomic mass is 9.97. The number of nitrogens with zero attached hydrogens (tertiary/aromatic N) is 2. The quantitative estimate of drug-likeness (QED) is 0.757. The lowest BCUT2D eigenvalue weighted by molar-refractivity contribution is -0.146. The fourth-order valence-electron chi connectivity index (χ4n) is 2.87. The number of likely N-dealkylation sites (tertiary alicyclic amines) is 1. The van der Waals surface area contributed by atoms with Crippen molar-refractivity contribution in [3.8, 4) is 0 Å². The van der Waals surface area contributed by atoms with Gasteiger partial charge >= 0.3 is 5.97 Å². The van der Waals surface area contributed by atoms with Crippen molar-refractivity contribution in [3.05, 3.63) is 0 Å². The van der Waals surface area contributed by atoms with Crippen LogP contribution in [0.25, 0.3) is 0 Å². The van der Waals surface area contributed by atoms with Gasteiger partial charge in [0.1, 0.15) is 0 Å². The van der Waals surface area contributed by atoms with Gasteiger partial charge < -0.3 is 19.6 Å². The van der Waals surface area contributed by atoms with Crippen LogP contribution < -0.4 is 0 Å². The number of carboxylic acids is 1. The molecule has 0 aromatic rings. The van der Waals surface area contributed by atoms with E-state index in [1.54, 1.807) is 11.9 Å². The minimum atomic E-state index is -0.796. The Balaban J connectivity index is 1.75. The van der Waals surface area contributed by atoms with Crippen molar-refractivity contribution < 1.29 is 24.2 Å². The van der Waals surface area contributed by atoms with Gasteiger partial charge in [0, 0.05) is 26.7 Å². The molecule has 1 N–H and O–H groups in total. The predicted octanol–water partition coefficient (Wildman–Crippen LogP) is 0.193. The van der Waals surface area contributed by atoms with E-state index in [4.69, 9.17) is 9.84 Å². The van der Waals surface area contributed by atoms with Crippen LogP contribution in [0, 0.1) is 11.8 Å². The van der Waals surface area contributed by atoms with Gasteiger partial charge in [-0.2, -0.15) is 0 Å². The van der Waals surface area contributed by atoms with Crippen molar-refractivity contribution in [1.82, 2.24) is 9.80 Å². The molecular formula is C15H24N2O5. The Labute approximate surface area is 130 Å². The number of hydrogen-bond donors (Lipinski definition) is 1. The van der Waals surface area contributed by atoms with Gasteiger partial charge in [-0.25, -0.2) is 0 Å². The molecule has 2 atom stereocenters. The van der Waals surface area contributed by atoms with Gasteiger partial charge in [-0.15, -0.1) is 0 Å². The molecule has 2 fully saturated rings. The SMILES string of the molecule is CCO[C@H]1C[C@@H]1C(=O)N(C)CC(=O)N1CCC(C(=O)O)CC1. The van der Waals surface area contributed by atoms with Crippen LogP contribution in [0.2, 0.25) is 0 Å². The normalized spacial score (nSPS) is 24.9. The van der Waals surface area contributed by atoms with Crippen LogP contribution in [-0.2, 0) is 19.1 Å². The number of aliphatic carboxylic acids is 1. The zero-order chi connectivity index (χ0) is 16.3. The van der Waals surface area contributed by atoms with E-state index in [1.165, 1.54) is 4.90 Å². The number of likely N-dealkylation sites (N-methyl/N-ethyl adjacent to an activating group) is 1. The molecular weight excluding hydrogens is 288 g/mol. The smallest absolute Gasteiger partial charge is 0.306 e. The van der Waals surface area contributed by atoms with Crippen molar-refractivity contribution in [3.63, 3.8) is 0 Å². The topological polar surface area (TPSA) is 87.2 Å². The summed E-state index contributed by atoms with van der Waals surface area (Å²) < 4.78 is 5.39. The fraction of sp³-hybridized carbons (Fsp3) is 0.800. The van der Waals surface area contributed by atoms with Gasteiger partial charge in [0.2, 0.25) is 11.8 Å². The van der Waals surface area contributed by atoms with E-state index in [0.717, 1.165) is 6.42 Å². The first-order valence-corrected chi connectivity index (χ1v) is 7.81. The van der Waals surface area contributed by atoms with E-state index in [-0.39, 0.29) is 36.3 Å². The van der Waals surface area contributed by atoms with Gasteiger partial charge in [0.05, 0.1) is 24.5 Å². The highest BCUT2D eigenvalue weighted by molar-refractivity contribution is 5.87. The maximum absolute atomic E-state index is 12.2. The van der Waals surface area contributed by atoms with E-state index in [2.05, 4.69) is 0 Å². The van der Waals surface area contributed by atoms with Crippen LogP contribution >= 0.6 is 0 Å². The molecule has 1 saturated carbocycles. The highest BCUT2D eigenvalue weighted by Crippen LogP contribution is 2.35. The van der Waals surface area contributed by atoms with E-state index >= 15 is 0 Å². The van der Waals surface area contributed by atoms with Crippen molar-refractivity contribution in [2.45, 2.75) is 32.3 Å². The molecule has 0 aromatic carbocycles. The van der Waals surface area contributed by atoms with E-state index in [9.17, 15) is 14.4 Å². The lowest BCUT2D eigenvalue weighted by Gasteiger charge is -2.31. The third kappa shape index (κ3) is 3.97. The Hall–Kier alpha value is -1.63. The third-order valence-electron chi connectivity index (χ3n) is 4.38. The van der Waals surface area contributed by atoms with Crippen molar-refractivity contribution in [2.75, 3.05) is 33.3 Å². The Morgan fingerprint density at radius 1 is 1.27 bits per heavy atom. The molecule has 0 aromatic heterocycles. The van der Waals surface area contributed by atoms with Gasteiger partial charge in [0.15, 0.2) is 0 Å². The first-order chi connectivity index (χ1) is 10.4. The summed E-state index contributed by atoms with van der Waals surface area (Å²) in [6.07, 6.45) is 1.69. The fourth-order valence-corrected chi connectivity index (χ4v) is 2.87. The zero-order valence-electron chi connectivity index (χ0n) is 13.2. The minimum Gasteiger partial charge on any atom is -0.481 e. The van der Waals surface area contributed by atoms with Crippen LogP contribution in [0.4, 0.5) is 0 Å². The summed E-state index contributed by atoms with van der Waals surface area (Å²) in [5.41, 5.74) is 0. The lowest BCUT2D eigenvalue weighted by Crippen LogP contribution is -2.45.